The molecule has 0 atom stereocenters. The van der Waals surface area contributed by atoms with Crippen LogP contribution in [0.5, 0.6) is 0 Å². The van der Waals surface area contributed by atoms with E-state index in [-0.39, 0.29) is 0 Å². The summed E-state index contributed by atoms with van der Waals surface area (Å²) < 4.78 is 0. The van der Waals surface area contributed by atoms with E-state index in [2.05, 4.69) is 30.0 Å². The van der Waals surface area contributed by atoms with Crippen molar-refractivity contribution in [3.63, 3.8) is 0 Å². The Balaban J connectivity index is 1.84. The third-order valence-corrected chi connectivity index (χ3v) is 5.34. The van der Waals surface area contributed by atoms with E-state index >= 15 is 0 Å². The van der Waals surface area contributed by atoms with Gasteiger partial charge in [0, 0.05) is 34.8 Å². The molecule has 1 aliphatic heterocycles. The molecule has 0 bridgehead atoms. The first-order valence-corrected chi connectivity index (χ1v) is 8.77. The van der Waals surface area contributed by atoms with Crippen molar-refractivity contribution in [1.29, 1.82) is 0 Å². The summed E-state index contributed by atoms with van der Waals surface area (Å²) in [5.41, 5.74) is 6.07. The number of hydrogen-bond donors (Lipinski definition) is 1. The van der Waals surface area contributed by atoms with Gasteiger partial charge < -0.3 is 4.90 Å². The lowest BCUT2D eigenvalue weighted by Gasteiger charge is -2.31. The molecule has 0 saturated carbocycles. The minimum absolute atomic E-state index is 0.907. The minimum atomic E-state index is 0.907. The average Bonchev–Trinajstić information content (AvgIpc) is 2.93. The van der Waals surface area contributed by atoms with E-state index in [9.17, 15) is 0 Å². The Bertz CT molecular complexity index is 725. The van der Waals surface area contributed by atoms with Crippen LogP contribution in [0.2, 0.25) is 0 Å². The second-order valence-corrected chi connectivity index (χ2v) is 6.77. The first kappa shape index (κ1) is 14.0. The lowest BCUT2D eigenvalue weighted by molar-refractivity contribution is 0.599. The third kappa shape index (κ3) is 2.29. The maximum Gasteiger partial charge on any atom is 0.226 e. The van der Waals surface area contributed by atoms with E-state index in [0.717, 1.165) is 42.5 Å². The molecule has 1 aromatic carbocycles. The molecule has 2 N–H and O–H groups in total. The first-order valence-electron chi connectivity index (χ1n) is 7.89. The molecule has 4 nitrogen and oxygen atoms in total. The summed E-state index contributed by atoms with van der Waals surface area (Å²) in [6.45, 7) is 4.25. The number of aryl methyl sites for hydroxylation is 2. The lowest BCUT2D eigenvalue weighted by Crippen LogP contribution is -2.38. The first-order chi connectivity index (χ1) is 10.8. The number of anilines is 1. The zero-order chi connectivity index (χ0) is 15.1. The zero-order valence-electron chi connectivity index (χ0n) is 12.8. The van der Waals surface area contributed by atoms with E-state index in [0.29, 0.717) is 0 Å². The van der Waals surface area contributed by atoms with Crippen LogP contribution in [0.25, 0.3) is 11.3 Å². The van der Waals surface area contributed by atoms with Crippen LogP contribution in [-0.4, -0.2) is 23.1 Å². The maximum atomic E-state index is 5.79. The van der Waals surface area contributed by atoms with Crippen LogP contribution in [0.1, 0.15) is 29.7 Å². The largest absolute Gasteiger partial charge is 0.341 e. The molecule has 0 radical (unpaired) electrons. The highest BCUT2D eigenvalue weighted by Crippen LogP contribution is 2.34. The van der Waals surface area contributed by atoms with Gasteiger partial charge >= 0.3 is 0 Å². The molecule has 1 fully saturated rings. The number of nitrogens with two attached hydrogens (primary N) is 1. The van der Waals surface area contributed by atoms with Crippen molar-refractivity contribution < 1.29 is 0 Å². The lowest BCUT2D eigenvalue weighted by atomic mass is 10.0. The summed E-state index contributed by atoms with van der Waals surface area (Å²) in [5.74, 6) is 0.907. The van der Waals surface area contributed by atoms with Crippen LogP contribution in [0.15, 0.2) is 23.1 Å². The predicted octanol–water partition coefficient (Wildman–Crippen LogP) is 3.12. The Morgan fingerprint density at radius 2 is 2.00 bits per heavy atom. The van der Waals surface area contributed by atoms with E-state index in [1.807, 2.05) is 0 Å². The Morgan fingerprint density at radius 3 is 2.73 bits per heavy atom. The predicted molar refractivity (Wildman–Crippen MR) is 91.1 cm³/mol. The van der Waals surface area contributed by atoms with Crippen LogP contribution in [0.3, 0.4) is 0 Å². The fourth-order valence-electron chi connectivity index (χ4n) is 3.19. The Morgan fingerprint density at radius 1 is 1.14 bits per heavy atom. The maximum absolute atomic E-state index is 5.79. The molecule has 1 aromatic heterocycles. The van der Waals surface area contributed by atoms with Crippen LogP contribution >= 0.6 is 11.9 Å². The monoisotopic (exact) mass is 312 g/mol. The quantitative estimate of drug-likeness (QED) is 0.883. The fourth-order valence-corrected chi connectivity index (χ4v) is 3.64. The molecule has 114 valence electrons. The fraction of sp³-hybridized carbons (Fsp3) is 0.412. The van der Waals surface area contributed by atoms with Gasteiger partial charge in [-0.25, -0.2) is 9.97 Å². The van der Waals surface area contributed by atoms with Crippen LogP contribution in [0, 0.1) is 6.92 Å². The summed E-state index contributed by atoms with van der Waals surface area (Å²) in [5, 5.41) is 5.79. The number of benzene rings is 1. The van der Waals surface area contributed by atoms with Gasteiger partial charge in [0.25, 0.3) is 0 Å². The highest BCUT2D eigenvalue weighted by atomic mass is 32.2. The summed E-state index contributed by atoms with van der Waals surface area (Å²) in [4.78, 5) is 13.1. The summed E-state index contributed by atoms with van der Waals surface area (Å²) in [6, 6.07) is 6.47. The van der Waals surface area contributed by atoms with Crippen molar-refractivity contribution in [3.05, 3.63) is 35.0 Å². The van der Waals surface area contributed by atoms with Crippen molar-refractivity contribution in [1.82, 2.24) is 9.97 Å². The van der Waals surface area contributed by atoms with Gasteiger partial charge in [0.15, 0.2) is 0 Å². The van der Waals surface area contributed by atoms with Gasteiger partial charge in [-0.1, -0.05) is 12.1 Å². The highest BCUT2D eigenvalue weighted by molar-refractivity contribution is 7.97. The number of hydrogen-bond acceptors (Lipinski definition) is 5. The molecule has 0 spiro atoms. The topological polar surface area (TPSA) is 55.0 Å². The van der Waals surface area contributed by atoms with Crippen molar-refractivity contribution in [3.8, 4) is 11.3 Å². The summed E-state index contributed by atoms with van der Waals surface area (Å²) >= 11 is 1.31. The Labute approximate surface area is 135 Å². The van der Waals surface area contributed by atoms with Crippen molar-refractivity contribution >= 4 is 17.9 Å². The number of fused-ring (bicyclic) bond motifs is 1. The molecular weight excluding hydrogens is 292 g/mol. The van der Waals surface area contributed by atoms with Gasteiger partial charge in [-0.15, -0.1) is 0 Å². The van der Waals surface area contributed by atoms with Crippen molar-refractivity contribution in [2.24, 2.45) is 5.14 Å². The van der Waals surface area contributed by atoms with E-state index in [1.165, 1.54) is 47.2 Å². The molecule has 5 heteroatoms. The van der Waals surface area contributed by atoms with E-state index in [4.69, 9.17) is 15.1 Å². The highest BCUT2D eigenvalue weighted by Gasteiger charge is 2.24. The normalized spacial score (nSPS) is 16.5. The van der Waals surface area contributed by atoms with E-state index < -0.39 is 0 Å². The van der Waals surface area contributed by atoms with Crippen molar-refractivity contribution in [2.45, 2.75) is 37.5 Å². The van der Waals surface area contributed by atoms with Gasteiger partial charge in [0.1, 0.15) is 0 Å². The van der Waals surface area contributed by atoms with Gasteiger partial charge in [0.05, 0.1) is 5.69 Å². The van der Waals surface area contributed by atoms with Gasteiger partial charge in [-0.2, -0.15) is 0 Å². The molecule has 2 aliphatic rings. The zero-order valence-corrected chi connectivity index (χ0v) is 13.6. The minimum Gasteiger partial charge on any atom is -0.341 e. The number of aromatic nitrogens is 2. The molecular formula is C17H20N4S. The second kappa shape index (κ2) is 5.56. The van der Waals surface area contributed by atoms with Gasteiger partial charge in [-0.05, 0) is 56.2 Å². The molecule has 2 aromatic rings. The van der Waals surface area contributed by atoms with Gasteiger partial charge in [0.2, 0.25) is 5.95 Å². The summed E-state index contributed by atoms with van der Waals surface area (Å²) in [7, 11) is 0. The Hall–Kier alpha value is -1.59. The number of nitrogens with zero attached hydrogens (tertiary/aromatic N) is 3. The molecule has 22 heavy (non-hydrogen) atoms. The second-order valence-electron chi connectivity index (χ2n) is 6.09. The summed E-state index contributed by atoms with van der Waals surface area (Å²) in [6.07, 6.45) is 4.60. The molecule has 0 unspecified atom stereocenters. The average molecular weight is 312 g/mol. The van der Waals surface area contributed by atoms with Crippen LogP contribution < -0.4 is 10.0 Å². The van der Waals surface area contributed by atoms with Crippen molar-refractivity contribution in [2.75, 3.05) is 18.0 Å². The van der Waals surface area contributed by atoms with Gasteiger partial charge in [-0.3, -0.25) is 5.14 Å². The Kier molecular flexibility index (Phi) is 3.54. The molecule has 4 rings (SSSR count). The molecule has 1 saturated heterocycles. The SMILES string of the molecule is Cc1ccc(-c2nc(N3CCC3)nc3c2CCC3)cc1SN. The van der Waals surface area contributed by atoms with Crippen LogP contribution in [0.4, 0.5) is 5.95 Å². The molecule has 0 amide bonds. The molecule has 1 aliphatic carbocycles. The number of rotatable bonds is 3. The standard InChI is InChI=1S/C17H20N4S/c1-11-6-7-12(10-15(11)22-18)16-13-4-2-5-14(13)19-17(20-16)21-8-3-9-21/h6-7,10H,2-5,8-9,18H2,1H3. The molecule has 2 heterocycles. The smallest absolute Gasteiger partial charge is 0.226 e. The van der Waals surface area contributed by atoms with E-state index in [1.54, 1.807) is 0 Å². The van der Waals surface area contributed by atoms with Crippen LogP contribution in [-0.2, 0) is 12.8 Å². The third-order valence-electron chi connectivity index (χ3n) is 4.65.